The second-order valence-electron chi connectivity index (χ2n) is 16.4. The molecular formula is C55H92O6. The fourth-order valence-electron chi connectivity index (χ4n) is 6.72. The zero-order valence-electron chi connectivity index (χ0n) is 39.7. The van der Waals surface area contributed by atoms with E-state index >= 15 is 0 Å². The Morgan fingerprint density at radius 1 is 0.361 bits per heavy atom. The first-order valence-corrected chi connectivity index (χ1v) is 25.1. The van der Waals surface area contributed by atoms with Crippen LogP contribution in [0.25, 0.3) is 0 Å². The maximum Gasteiger partial charge on any atom is 0.306 e. The average molecular weight is 849 g/mol. The highest BCUT2D eigenvalue weighted by atomic mass is 16.6. The topological polar surface area (TPSA) is 78.9 Å². The fraction of sp³-hybridized carbons (Fsp3) is 0.691. The van der Waals surface area contributed by atoms with Gasteiger partial charge in [0.2, 0.25) is 0 Å². The normalized spacial score (nSPS) is 12.8. The zero-order chi connectivity index (χ0) is 44.4. The second-order valence-corrected chi connectivity index (χ2v) is 16.4. The molecular weight excluding hydrogens is 757 g/mol. The molecule has 0 aromatic rings. The Hall–Kier alpha value is -3.41. The molecule has 1 unspecified atom stereocenters. The van der Waals surface area contributed by atoms with Crippen LogP contribution in [0.5, 0.6) is 0 Å². The monoisotopic (exact) mass is 849 g/mol. The highest BCUT2D eigenvalue weighted by Gasteiger charge is 2.19. The van der Waals surface area contributed by atoms with Crippen molar-refractivity contribution in [3.05, 3.63) is 85.1 Å². The van der Waals surface area contributed by atoms with Crippen LogP contribution >= 0.6 is 0 Å². The molecule has 0 fully saturated rings. The largest absolute Gasteiger partial charge is 0.462 e. The Kier molecular flexibility index (Phi) is 46.5. The van der Waals surface area contributed by atoms with E-state index in [1.165, 1.54) is 89.9 Å². The van der Waals surface area contributed by atoms with E-state index in [0.717, 1.165) is 96.3 Å². The third-order valence-corrected chi connectivity index (χ3v) is 10.5. The summed E-state index contributed by atoms with van der Waals surface area (Å²) in [6.07, 6.45) is 62.8. The zero-order valence-corrected chi connectivity index (χ0v) is 39.7. The molecule has 0 aromatic carbocycles. The SMILES string of the molecule is CC/C=C/C=C/C=C/C=C/CCCCCC(=O)OCC(COC(=O)CCCCCCC/C=C/CCCCCCCCC)OC(=O)CCCCCCCCC/C=C/C/C=C/CC. The Morgan fingerprint density at radius 3 is 1.21 bits per heavy atom. The number of carbonyl (C=O) groups excluding carboxylic acids is 3. The Morgan fingerprint density at radius 2 is 0.721 bits per heavy atom. The lowest BCUT2D eigenvalue weighted by molar-refractivity contribution is -0.167. The van der Waals surface area contributed by atoms with Crippen LogP contribution in [0.2, 0.25) is 0 Å². The fourth-order valence-corrected chi connectivity index (χ4v) is 6.72. The molecule has 61 heavy (non-hydrogen) atoms. The van der Waals surface area contributed by atoms with Crippen molar-refractivity contribution in [2.75, 3.05) is 13.2 Å². The Balaban J connectivity index is 4.46. The van der Waals surface area contributed by atoms with Crippen molar-refractivity contribution in [3.8, 4) is 0 Å². The molecule has 0 rings (SSSR count). The molecule has 0 aliphatic heterocycles. The maximum absolute atomic E-state index is 12.8. The summed E-state index contributed by atoms with van der Waals surface area (Å²) in [5.41, 5.74) is 0. The highest BCUT2D eigenvalue weighted by Crippen LogP contribution is 2.14. The summed E-state index contributed by atoms with van der Waals surface area (Å²) in [5.74, 6) is -0.956. The van der Waals surface area contributed by atoms with E-state index in [0.29, 0.717) is 19.3 Å². The van der Waals surface area contributed by atoms with Gasteiger partial charge in [-0.3, -0.25) is 14.4 Å². The maximum atomic E-state index is 12.8. The molecule has 1 atom stereocenters. The Labute approximate surface area is 375 Å². The lowest BCUT2D eigenvalue weighted by atomic mass is 10.1. The molecule has 0 spiro atoms. The lowest BCUT2D eigenvalue weighted by Crippen LogP contribution is -2.30. The number of allylic oxidation sites excluding steroid dienone is 14. The van der Waals surface area contributed by atoms with Gasteiger partial charge in [-0.2, -0.15) is 0 Å². The summed E-state index contributed by atoms with van der Waals surface area (Å²) >= 11 is 0. The van der Waals surface area contributed by atoms with Crippen LogP contribution in [0.15, 0.2) is 85.1 Å². The average Bonchev–Trinajstić information content (AvgIpc) is 3.26. The van der Waals surface area contributed by atoms with Crippen molar-refractivity contribution in [2.45, 2.75) is 232 Å². The third kappa shape index (κ3) is 47.5. The first-order chi connectivity index (χ1) is 30.0. The number of hydrogen-bond acceptors (Lipinski definition) is 6. The van der Waals surface area contributed by atoms with Gasteiger partial charge < -0.3 is 14.2 Å². The summed E-state index contributed by atoms with van der Waals surface area (Å²) in [5, 5.41) is 0. The molecule has 6 nitrogen and oxygen atoms in total. The number of rotatable bonds is 44. The van der Waals surface area contributed by atoms with E-state index in [9.17, 15) is 14.4 Å². The van der Waals surface area contributed by atoms with Crippen molar-refractivity contribution < 1.29 is 28.6 Å². The minimum atomic E-state index is -0.799. The number of esters is 3. The summed E-state index contributed by atoms with van der Waals surface area (Å²) in [4.78, 5) is 37.9. The Bertz CT molecular complexity index is 1200. The molecule has 0 amide bonds. The van der Waals surface area contributed by atoms with Crippen LogP contribution in [0.1, 0.15) is 226 Å². The first kappa shape index (κ1) is 57.6. The van der Waals surface area contributed by atoms with E-state index in [4.69, 9.17) is 14.2 Å². The van der Waals surface area contributed by atoms with Gasteiger partial charge in [-0.1, -0.05) is 202 Å². The van der Waals surface area contributed by atoms with Crippen molar-refractivity contribution >= 4 is 17.9 Å². The van der Waals surface area contributed by atoms with Crippen LogP contribution in [-0.4, -0.2) is 37.2 Å². The van der Waals surface area contributed by atoms with Crippen LogP contribution < -0.4 is 0 Å². The van der Waals surface area contributed by atoms with Crippen LogP contribution in [0.3, 0.4) is 0 Å². The third-order valence-electron chi connectivity index (χ3n) is 10.5. The van der Waals surface area contributed by atoms with E-state index in [1.807, 2.05) is 36.5 Å². The van der Waals surface area contributed by atoms with Gasteiger partial charge in [0.1, 0.15) is 13.2 Å². The standard InChI is InChI=1S/C55H92O6/c1-4-7-10-13-16-19-22-25-27-28-31-33-36-39-42-45-48-54(57)60-51-52(50-59-53(56)47-44-41-38-35-32-29-24-21-18-15-12-9-6-3)61-55(58)49-46-43-40-37-34-30-26-23-20-17-14-11-8-5-2/h8-9,11-12,15,17-18,20-21,24,27-29,32,52H,4-7,10,13-14,16,19,22-23,25-26,30-31,33-51H2,1-3H3/b11-8+,12-9+,18-15+,20-17+,24-21+,28-27+,32-29+. The van der Waals surface area contributed by atoms with Crippen LogP contribution in [0, 0.1) is 0 Å². The smallest absolute Gasteiger partial charge is 0.306 e. The quantitative estimate of drug-likeness (QED) is 0.0200. The van der Waals surface area contributed by atoms with E-state index < -0.39 is 6.10 Å². The molecule has 0 aliphatic rings. The van der Waals surface area contributed by atoms with Crippen molar-refractivity contribution in [1.82, 2.24) is 0 Å². The predicted octanol–water partition coefficient (Wildman–Crippen LogP) is 16.4. The molecule has 0 saturated heterocycles. The number of hydrogen-bond donors (Lipinski definition) is 0. The van der Waals surface area contributed by atoms with Gasteiger partial charge in [0, 0.05) is 19.3 Å². The van der Waals surface area contributed by atoms with Gasteiger partial charge in [0.05, 0.1) is 0 Å². The predicted molar refractivity (Wildman–Crippen MR) is 261 cm³/mol. The van der Waals surface area contributed by atoms with Crippen LogP contribution in [0.4, 0.5) is 0 Å². The van der Waals surface area contributed by atoms with E-state index in [1.54, 1.807) is 0 Å². The van der Waals surface area contributed by atoms with Crippen molar-refractivity contribution in [3.63, 3.8) is 0 Å². The molecule has 0 aromatic heterocycles. The second kappa shape index (κ2) is 49.2. The summed E-state index contributed by atoms with van der Waals surface area (Å²) < 4.78 is 16.7. The van der Waals surface area contributed by atoms with Crippen molar-refractivity contribution in [2.24, 2.45) is 0 Å². The molecule has 0 radical (unpaired) electrons. The number of carbonyl (C=O) groups is 3. The molecule has 0 saturated carbocycles. The molecule has 0 heterocycles. The van der Waals surface area contributed by atoms with E-state index in [-0.39, 0.29) is 31.1 Å². The minimum Gasteiger partial charge on any atom is -0.462 e. The molecule has 0 N–H and O–H groups in total. The molecule has 0 bridgehead atoms. The van der Waals surface area contributed by atoms with Gasteiger partial charge in [0.15, 0.2) is 6.10 Å². The number of ether oxygens (including phenoxy) is 3. The van der Waals surface area contributed by atoms with Gasteiger partial charge in [-0.05, 0) is 89.9 Å². The van der Waals surface area contributed by atoms with Gasteiger partial charge in [-0.15, -0.1) is 0 Å². The lowest BCUT2D eigenvalue weighted by Gasteiger charge is -2.18. The summed E-state index contributed by atoms with van der Waals surface area (Å²) in [6.45, 7) is 6.33. The molecule has 6 heteroatoms. The van der Waals surface area contributed by atoms with Crippen LogP contribution in [-0.2, 0) is 28.6 Å². The molecule has 0 aliphatic carbocycles. The van der Waals surface area contributed by atoms with E-state index in [2.05, 4.69) is 69.4 Å². The highest BCUT2D eigenvalue weighted by molar-refractivity contribution is 5.71. The number of unbranched alkanes of at least 4 members (excludes halogenated alkanes) is 22. The first-order valence-electron chi connectivity index (χ1n) is 25.1. The summed E-state index contributed by atoms with van der Waals surface area (Å²) in [6, 6.07) is 0. The summed E-state index contributed by atoms with van der Waals surface area (Å²) in [7, 11) is 0. The van der Waals surface area contributed by atoms with Crippen molar-refractivity contribution in [1.29, 1.82) is 0 Å². The molecule has 348 valence electrons. The van der Waals surface area contributed by atoms with Gasteiger partial charge in [0.25, 0.3) is 0 Å². The van der Waals surface area contributed by atoms with Gasteiger partial charge >= 0.3 is 17.9 Å². The van der Waals surface area contributed by atoms with Gasteiger partial charge in [-0.25, -0.2) is 0 Å². The minimum absolute atomic E-state index is 0.0975.